The molecule has 0 saturated carbocycles. The molecule has 6 heteroatoms. The topological polar surface area (TPSA) is 56.2 Å². The number of ether oxygens (including phenoxy) is 1. The van der Waals surface area contributed by atoms with Gasteiger partial charge in [-0.25, -0.2) is 9.37 Å². The van der Waals surface area contributed by atoms with Crippen LogP contribution in [0.4, 0.5) is 4.39 Å². The van der Waals surface area contributed by atoms with E-state index < -0.39 is 11.9 Å². The number of nitrogens with zero attached hydrogens (tertiary/aromatic N) is 2. The fourth-order valence-corrected chi connectivity index (χ4v) is 3.41. The highest BCUT2D eigenvalue weighted by Gasteiger charge is 2.22. The lowest BCUT2D eigenvalue weighted by molar-refractivity contribution is -0.122. The molecule has 1 atom stereocenters. The molecule has 0 saturated heterocycles. The number of hydrogen-bond donors (Lipinski definition) is 1. The molecule has 0 radical (unpaired) electrons. The summed E-state index contributed by atoms with van der Waals surface area (Å²) in [4.78, 5) is 17.4. The number of aryl methyl sites for hydroxylation is 1. The first kappa shape index (κ1) is 19.6. The lowest BCUT2D eigenvalue weighted by atomic mass is 10.1. The van der Waals surface area contributed by atoms with Crippen molar-refractivity contribution in [3.63, 3.8) is 0 Å². The number of amides is 1. The Labute approximate surface area is 174 Å². The summed E-state index contributed by atoms with van der Waals surface area (Å²) in [6.07, 6.45) is 0.0988. The molecule has 0 bridgehead atoms. The molecule has 3 aromatic carbocycles. The molecule has 0 spiro atoms. The molecule has 0 aliphatic heterocycles. The minimum atomic E-state index is -0.445. The van der Waals surface area contributed by atoms with E-state index in [0.29, 0.717) is 0 Å². The molecule has 1 heterocycles. The lowest BCUT2D eigenvalue weighted by Gasteiger charge is -2.19. The summed E-state index contributed by atoms with van der Waals surface area (Å²) in [6, 6.07) is 23.3. The number of aromatic nitrogens is 2. The van der Waals surface area contributed by atoms with Gasteiger partial charge in [0.25, 0.3) is 0 Å². The van der Waals surface area contributed by atoms with Gasteiger partial charge in [-0.2, -0.15) is 0 Å². The smallest absolute Gasteiger partial charge is 0.224 e. The van der Waals surface area contributed by atoms with Crippen LogP contribution in [0.5, 0.6) is 5.75 Å². The number of halogens is 1. The van der Waals surface area contributed by atoms with Crippen LogP contribution < -0.4 is 10.1 Å². The maximum Gasteiger partial charge on any atom is 0.224 e. The highest BCUT2D eigenvalue weighted by atomic mass is 19.1. The molecule has 30 heavy (non-hydrogen) atoms. The summed E-state index contributed by atoms with van der Waals surface area (Å²) in [5, 5.41) is 3.06. The van der Waals surface area contributed by atoms with Crippen molar-refractivity contribution >= 4 is 16.9 Å². The number of para-hydroxylation sites is 3. The Kier molecular flexibility index (Phi) is 5.75. The van der Waals surface area contributed by atoms with E-state index in [1.807, 2.05) is 66.2 Å². The predicted octanol–water partition coefficient (Wildman–Crippen LogP) is 4.39. The van der Waals surface area contributed by atoms with Crippen LogP contribution in [-0.4, -0.2) is 22.1 Å². The second-order valence-electron chi connectivity index (χ2n) is 6.96. The Balaban J connectivity index is 1.52. The third kappa shape index (κ3) is 4.17. The average Bonchev–Trinajstić information content (AvgIpc) is 3.10. The van der Waals surface area contributed by atoms with E-state index in [4.69, 9.17) is 9.72 Å². The normalized spacial score (nSPS) is 11.9. The number of carbonyl (C=O) groups excluding carboxylic acids is 1. The van der Waals surface area contributed by atoms with Crippen molar-refractivity contribution in [3.05, 3.63) is 96.1 Å². The van der Waals surface area contributed by atoms with Crippen LogP contribution in [0, 0.1) is 5.82 Å². The Hall–Kier alpha value is -3.67. The molecule has 1 amide bonds. The van der Waals surface area contributed by atoms with E-state index in [1.165, 1.54) is 6.07 Å². The fraction of sp³-hybridized carbons (Fsp3) is 0.167. The van der Waals surface area contributed by atoms with Crippen molar-refractivity contribution in [1.82, 2.24) is 14.9 Å². The third-order valence-corrected chi connectivity index (χ3v) is 4.94. The van der Waals surface area contributed by atoms with Gasteiger partial charge >= 0.3 is 0 Å². The van der Waals surface area contributed by atoms with Gasteiger partial charge in [-0.05, 0) is 29.8 Å². The Bertz CT molecular complexity index is 1160. The van der Waals surface area contributed by atoms with Crippen molar-refractivity contribution in [2.75, 3.05) is 6.61 Å². The quantitative estimate of drug-likeness (QED) is 0.498. The van der Waals surface area contributed by atoms with Crippen molar-refractivity contribution in [1.29, 1.82) is 0 Å². The maximum absolute atomic E-state index is 13.7. The number of rotatable bonds is 7. The van der Waals surface area contributed by atoms with Crippen molar-refractivity contribution < 1.29 is 13.9 Å². The molecule has 5 nitrogen and oxygen atoms in total. The van der Waals surface area contributed by atoms with Gasteiger partial charge in [0.15, 0.2) is 11.6 Å². The Morgan fingerprint density at radius 1 is 1.03 bits per heavy atom. The summed E-state index contributed by atoms with van der Waals surface area (Å²) in [7, 11) is 1.94. The number of carbonyl (C=O) groups is 1. The van der Waals surface area contributed by atoms with Gasteiger partial charge < -0.3 is 14.6 Å². The van der Waals surface area contributed by atoms with E-state index in [0.717, 1.165) is 22.4 Å². The van der Waals surface area contributed by atoms with Crippen molar-refractivity contribution in [3.8, 4) is 5.75 Å². The SMILES string of the molecule is Cn1c(C(NC(=O)CCOc2ccccc2F)c2ccccc2)nc2ccccc21. The lowest BCUT2D eigenvalue weighted by Crippen LogP contribution is -2.32. The number of benzene rings is 3. The monoisotopic (exact) mass is 403 g/mol. The van der Waals surface area contributed by atoms with Crippen molar-refractivity contribution in [2.24, 2.45) is 7.05 Å². The first-order chi connectivity index (χ1) is 14.6. The van der Waals surface area contributed by atoms with Crippen molar-refractivity contribution in [2.45, 2.75) is 12.5 Å². The molecule has 0 aliphatic rings. The van der Waals surface area contributed by atoms with Gasteiger partial charge in [0, 0.05) is 7.05 Å². The highest BCUT2D eigenvalue weighted by Crippen LogP contribution is 2.25. The molecule has 4 aromatic rings. The zero-order chi connectivity index (χ0) is 20.9. The first-order valence-electron chi connectivity index (χ1n) is 9.76. The minimum absolute atomic E-state index is 0.0802. The van der Waals surface area contributed by atoms with Gasteiger partial charge in [-0.15, -0.1) is 0 Å². The number of hydrogen-bond acceptors (Lipinski definition) is 3. The molecular formula is C24H22FN3O2. The van der Waals surface area contributed by atoms with Gasteiger partial charge in [0.2, 0.25) is 5.91 Å². The van der Waals surface area contributed by atoms with Crippen LogP contribution in [0.25, 0.3) is 11.0 Å². The van der Waals surface area contributed by atoms with Gasteiger partial charge in [-0.1, -0.05) is 54.6 Å². The summed E-state index contributed by atoms with van der Waals surface area (Å²) in [5.41, 5.74) is 2.79. The number of imidazole rings is 1. The molecule has 1 N–H and O–H groups in total. The van der Waals surface area contributed by atoms with E-state index in [2.05, 4.69) is 5.32 Å². The van der Waals surface area contributed by atoms with Crippen LogP contribution in [0.15, 0.2) is 78.9 Å². The maximum atomic E-state index is 13.7. The summed E-state index contributed by atoms with van der Waals surface area (Å²) in [6.45, 7) is 0.0802. The predicted molar refractivity (Wildman–Crippen MR) is 114 cm³/mol. The van der Waals surface area contributed by atoms with Gasteiger partial charge in [0.1, 0.15) is 11.9 Å². The van der Waals surface area contributed by atoms with Crippen LogP contribution in [0.3, 0.4) is 0 Å². The van der Waals surface area contributed by atoms with E-state index in [9.17, 15) is 9.18 Å². The summed E-state index contributed by atoms with van der Waals surface area (Å²) >= 11 is 0. The Morgan fingerprint density at radius 3 is 2.50 bits per heavy atom. The largest absolute Gasteiger partial charge is 0.490 e. The molecule has 4 rings (SSSR count). The van der Waals surface area contributed by atoms with Crippen LogP contribution in [-0.2, 0) is 11.8 Å². The molecular weight excluding hydrogens is 381 g/mol. The zero-order valence-electron chi connectivity index (χ0n) is 16.6. The summed E-state index contributed by atoms with van der Waals surface area (Å²) < 4.78 is 21.1. The van der Waals surface area contributed by atoms with Gasteiger partial charge in [0.05, 0.1) is 24.1 Å². The van der Waals surface area contributed by atoms with Gasteiger partial charge in [-0.3, -0.25) is 4.79 Å². The van der Waals surface area contributed by atoms with E-state index >= 15 is 0 Å². The van der Waals surface area contributed by atoms with Crippen LogP contribution in [0.1, 0.15) is 23.9 Å². The second kappa shape index (κ2) is 8.78. The second-order valence-corrected chi connectivity index (χ2v) is 6.96. The first-order valence-corrected chi connectivity index (χ1v) is 9.76. The summed E-state index contributed by atoms with van der Waals surface area (Å²) in [5.74, 6) is 0.234. The molecule has 0 aliphatic carbocycles. The molecule has 0 fully saturated rings. The number of nitrogens with one attached hydrogen (secondary N) is 1. The zero-order valence-corrected chi connectivity index (χ0v) is 16.6. The molecule has 152 valence electrons. The highest BCUT2D eigenvalue weighted by molar-refractivity contribution is 5.78. The number of fused-ring (bicyclic) bond motifs is 1. The third-order valence-electron chi connectivity index (χ3n) is 4.94. The molecule has 1 aromatic heterocycles. The minimum Gasteiger partial charge on any atom is -0.490 e. The van der Waals surface area contributed by atoms with Crippen LogP contribution >= 0.6 is 0 Å². The van der Waals surface area contributed by atoms with E-state index in [1.54, 1.807) is 18.2 Å². The fourth-order valence-electron chi connectivity index (χ4n) is 3.41. The molecule has 1 unspecified atom stereocenters. The Morgan fingerprint density at radius 2 is 1.73 bits per heavy atom. The average molecular weight is 403 g/mol. The standard InChI is InChI=1S/C24H22FN3O2/c1-28-20-13-7-6-12-19(20)26-24(28)23(17-9-3-2-4-10-17)27-22(29)15-16-30-21-14-8-5-11-18(21)25/h2-14,23H,15-16H2,1H3,(H,27,29). The van der Waals surface area contributed by atoms with E-state index in [-0.39, 0.29) is 24.7 Å². The van der Waals surface area contributed by atoms with Crippen LogP contribution in [0.2, 0.25) is 0 Å².